The molecule has 0 aliphatic carbocycles. The molecule has 0 saturated carbocycles. The topological polar surface area (TPSA) is 63.6 Å². The summed E-state index contributed by atoms with van der Waals surface area (Å²) >= 11 is 0. The number of hydrogen-bond donors (Lipinski definition) is 1. The Bertz CT molecular complexity index is 111. The van der Waals surface area contributed by atoms with Gasteiger partial charge in [0.05, 0.1) is 6.61 Å². The number of esters is 1. The molecule has 4 nitrogen and oxygen atoms in total. The number of hydrogen-bond acceptors (Lipinski definition) is 3. The number of rotatable bonds is 1. The van der Waals surface area contributed by atoms with Crippen LogP contribution in [0.15, 0.2) is 0 Å². The quantitative estimate of drug-likeness (QED) is 0.578. The van der Waals surface area contributed by atoms with Crippen molar-refractivity contribution in [1.82, 2.24) is 0 Å². The van der Waals surface area contributed by atoms with E-state index in [1.54, 1.807) is 6.92 Å². The molecule has 0 amide bonds. The molecule has 0 spiro atoms. The van der Waals surface area contributed by atoms with Gasteiger partial charge in [0.1, 0.15) is 0 Å². The summed E-state index contributed by atoms with van der Waals surface area (Å²) in [6.07, 6.45) is 0. The van der Waals surface area contributed by atoms with Crippen LogP contribution in [0.2, 0.25) is 0 Å². The second-order valence-corrected chi connectivity index (χ2v) is 1.44. The Kier molecular flexibility index (Phi) is 51.1. The molecule has 0 aliphatic rings. The number of carboxylic acid groups (broad SMARTS) is 1. The van der Waals surface area contributed by atoms with Gasteiger partial charge in [0.2, 0.25) is 0 Å². The van der Waals surface area contributed by atoms with E-state index in [0.29, 0.717) is 6.61 Å². The average Bonchev–Trinajstić information content (AvgIpc) is 1.62. The fraction of sp³-hybridized carbons (Fsp3) is 0.500. The fourth-order valence-electron chi connectivity index (χ4n) is 0.203. The zero-order chi connectivity index (χ0) is 8.57. The van der Waals surface area contributed by atoms with Gasteiger partial charge in [-0.2, -0.15) is 0 Å². The van der Waals surface area contributed by atoms with Gasteiger partial charge in [-0.3, -0.25) is 9.59 Å². The summed E-state index contributed by atoms with van der Waals surface area (Å²) in [4.78, 5) is 18.8. The first-order valence-corrected chi connectivity index (χ1v) is 2.83. The molecule has 13 heavy (non-hydrogen) atoms. The molecule has 5 heteroatoms. The molecule has 0 atom stereocenters. The normalized spacial score (nSPS) is 5.46. The molecule has 0 bridgehead atoms. The second kappa shape index (κ2) is 22.7. The number of ether oxygens (including phenoxy) is 1. The summed E-state index contributed by atoms with van der Waals surface area (Å²) in [5, 5.41) is 7.42. The first-order chi connectivity index (χ1) is 4.50. The van der Waals surface area contributed by atoms with Crippen molar-refractivity contribution < 1.29 is 52.1 Å². The van der Waals surface area contributed by atoms with Gasteiger partial charge < -0.3 is 24.7 Å². The van der Waals surface area contributed by atoms with Gasteiger partial charge in [-0.1, -0.05) is 0 Å². The van der Waals surface area contributed by atoms with Gasteiger partial charge >= 0.3 is 5.97 Å². The van der Waals surface area contributed by atoms with E-state index >= 15 is 0 Å². The van der Waals surface area contributed by atoms with Crippen molar-refractivity contribution in [2.24, 2.45) is 0 Å². The van der Waals surface area contributed by atoms with Crippen LogP contribution in [0.25, 0.3) is 0 Å². The summed E-state index contributed by atoms with van der Waals surface area (Å²) in [5.74, 6) is -1.04. The Hall–Kier alpha value is 0.0439. The van der Waals surface area contributed by atoms with E-state index in [2.05, 4.69) is 4.74 Å². The summed E-state index contributed by atoms with van der Waals surface area (Å²) in [7, 11) is 0. The van der Waals surface area contributed by atoms with Crippen molar-refractivity contribution in [2.45, 2.75) is 20.8 Å². The second-order valence-electron chi connectivity index (χ2n) is 1.44. The van der Waals surface area contributed by atoms with Crippen molar-refractivity contribution >= 4 is 11.9 Å². The maximum absolute atomic E-state index is 9.82. The zero-order valence-corrected chi connectivity index (χ0v) is 11.8. The molecule has 1 radical (unpaired) electrons. The first-order valence-electron chi connectivity index (χ1n) is 2.83. The van der Waals surface area contributed by atoms with Crippen LogP contribution >= 0.6 is 0 Å². The summed E-state index contributed by atoms with van der Waals surface area (Å²) in [6.45, 7) is 4.74. The molecule has 0 saturated heterocycles. The molecule has 0 aromatic heterocycles. The smallest absolute Gasteiger partial charge is 0.302 e. The van der Waals surface area contributed by atoms with Crippen molar-refractivity contribution in [3.63, 3.8) is 0 Å². The molecule has 0 aliphatic heterocycles. The Labute approximate surface area is 106 Å². The summed E-state index contributed by atoms with van der Waals surface area (Å²) < 4.78 is 4.40. The maximum Gasteiger partial charge on any atom is 0.302 e. The minimum Gasteiger partial charge on any atom is -0.481 e. The van der Waals surface area contributed by atoms with Crippen molar-refractivity contribution in [3.05, 3.63) is 14.9 Å². The van der Waals surface area contributed by atoms with Crippen LogP contribution in [0.4, 0.5) is 0 Å². The largest absolute Gasteiger partial charge is 0.481 e. The number of carbonyl (C=O) groups excluding carboxylic acids is 1. The van der Waals surface area contributed by atoms with E-state index < -0.39 is 5.97 Å². The van der Waals surface area contributed by atoms with Gasteiger partial charge in [0.25, 0.3) is 5.97 Å². The average molecular weight is 267 g/mol. The van der Waals surface area contributed by atoms with Gasteiger partial charge in [0.15, 0.2) is 0 Å². The minimum atomic E-state index is -0.833. The molecule has 1 N–H and O–H groups in total. The summed E-state index contributed by atoms with van der Waals surface area (Å²) in [6, 6.07) is 0. The molecule has 0 aromatic rings. The first kappa shape index (κ1) is 29.2. The van der Waals surface area contributed by atoms with Crippen molar-refractivity contribution in [2.75, 3.05) is 6.61 Å². The van der Waals surface area contributed by atoms with Crippen molar-refractivity contribution in [1.29, 1.82) is 0 Å². The molecule has 79 valence electrons. The monoisotopic (exact) mass is 267 g/mol. The predicted molar refractivity (Wildman–Crippen MR) is 48.4 cm³/mol. The molecule has 0 heterocycles. The van der Waals surface area contributed by atoms with Crippen molar-refractivity contribution in [3.8, 4) is 0 Å². The third-order valence-corrected chi connectivity index (χ3v) is 0.348. The van der Waals surface area contributed by atoms with Crippen LogP contribution in [-0.2, 0) is 47.0 Å². The SMILES string of the molecule is CC(=O)O.CCOC(C)=O.[CH3-].[CH3-].[Y]. The number of aliphatic carboxylic acids is 1. The molecular formula is C8H18O4Y-2. The Balaban J connectivity index is -0.0000000279. The van der Waals surface area contributed by atoms with E-state index in [0.717, 1.165) is 6.92 Å². The van der Waals surface area contributed by atoms with Gasteiger partial charge in [-0.05, 0) is 6.92 Å². The van der Waals surface area contributed by atoms with E-state index in [1.165, 1.54) is 6.92 Å². The van der Waals surface area contributed by atoms with E-state index in [1.807, 2.05) is 0 Å². The Morgan fingerprint density at radius 3 is 1.46 bits per heavy atom. The molecular weight excluding hydrogens is 249 g/mol. The predicted octanol–water partition coefficient (Wildman–Crippen LogP) is 1.56. The fourth-order valence-corrected chi connectivity index (χ4v) is 0.203. The number of carbonyl (C=O) groups is 2. The van der Waals surface area contributed by atoms with Crippen LogP contribution in [0.5, 0.6) is 0 Å². The number of carboxylic acids is 1. The Morgan fingerprint density at radius 1 is 1.23 bits per heavy atom. The summed E-state index contributed by atoms with van der Waals surface area (Å²) in [5.41, 5.74) is 0. The van der Waals surface area contributed by atoms with Crippen LogP contribution in [0.1, 0.15) is 20.8 Å². The van der Waals surface area contributed by atoms with Crippen LogP contribution in [0, 0.1) is 14.9 Å². The zero-order valence-electron chi connectivity index (χ0n) is 8.96. The Morgan fingerprint density at radius 2 is 1.46 bits per heavy atom. The van der Waals surface area contributed by atoms with E-state index in [4.69, 9.17) is 9.90 Å². The van der Waals surface area contributed by atoms with Gasteiger partial charge in [0, 0.05) is 46.6 Å². The maximum atomic E-state index is 9.82. The van der Waals surface area contributed by atoms with Crippen LogP contribution in [0.3, 0.4) is 0 Å². The van der Waals surface area contributed by atoms with E-state index in [9.17, 15) is 4.79 Å². The van der Waals surface area contributed by atoms with Crippen LogP contribution < -0.4 is 0 Å². The molecule has 0 unspecified atom stereocenters. The third-order valence-electron chi connectivity index (χ3n) is 0.348. The third kappa shape index (κ3) is 131. The molecule has 0 rings (SSSR count). The standard InChI is InChI=1S/C4H8O2.C2H4O2.2CH3.Y/c1-3-6-4(2)5;1-2(3)4;;;/h3H2,1-2H3;1H3,(H,3,4);2*1H3;/q;;2*-1;. The van der Waals surface area contributed by atoms with E-state index in [-0.39, 0.29) is 53.5 Å². The minimum absolute atomic E-state index is 0. The van der Waals surface area contributed by atoms with Gasteiger partial charge in [-0.25, -0.2) is 0 Å². The van der Waals surface area contributed by atoms with Gasteiger partial charge in [-0.15, -0.1) is 0 Å². The van der Waals surface area contributed by atoms with Crippen LogP contribution in [-0.4, -0.2) is 23.7 Å². The molecule has 0 fully saturated rings. The molecule has 0 aromatic carbocycles.